The van der Waals surface area contributed by atoms with Crippen LogP contribution in [0, 0.1) is 6.92 Å². The molecule has 5 nitrogen and oxygen atoms in total. The molecule has 0 aliphatic carbocycles. The lowest BCUT2D eigenvalue weighted by atomic mass is 10.0. The Morgan fingerprint density at radius 3 is 2.30 bits per heavy atom. The Labute approximate surface area is 217 Å². The van der Waals surface area contributed by atoms with Crippen LogP contribution in [0.1, 0.15) is 33.5 Å². The van der Waals surface area contributed by atoms with Gasteiger partial charge in [0.05, 0.1) is 34.6 Å². The first-order valence-corrected chi connectivity index (χ1v) is 12.5. The van der Waals surface area contributed by atoms with Gasteiger partial charge in [0.25, 0.3) is 5.91 Å². The van der Waals surface area contributed by atoms with Crippen LogP contribution < -0.4 is 4.90 Å². The molecule has 1 amide bonds. The predicted octanol–water partition coefficient (Wildman–Crippen LogP) is 6.66. The summed E-state index contributed by atoms with van der Waals surface area (Å²) >= 11 is 7.29. The third kappa shape index (κ3) is 6.36. The maximum Gasteiger partial charge on any atom is 0.416 e. The quantitative estimate of drug-likeness (QED) is 0.313. The summed E-state index contributed by atoms with van der Waals surface area (Å²) in [5, 5.41) is 0.612. The van der Waals surface area contributed by atoms with E-state index in [1.54, 1.807) is 19.1 Å². The summed E-state index contributed by atoms with van der Waals surface area (Å²) in [6.07, 6.45) is -9.71. The molecule has 0 saturated carbocycles. The molecular formula is C24H22ClF6N3O2S. The van der Waals surface area contributed by atoms with Crippen molar-refractivity contribution in [2.24, 2.45) is 0 Å². The maximum atomic E-state index is 13.5. The van der Waals surface area contributed by atoms with E-state index in [4.69, 9.17) is 16.3 Å². The number of halogens is 7. The van der Waals surface area contributed by atoms with E-state index in [0.717, 1.165) is 16.2 Å². The molecule has 1 aromatic heterocycles. The highest BCUT2D eigenvalue weighted by Crippen LogP contribution is 2.38. The molecule has 1 fully saturated rings. The summed E-state index contributed by atoms with van der Waals surface area (Å²) in [5.74, 6) is -0.999. The topological polar surface area (TPSA) is 45.7 Å². The van der Waals surface area contributed by atoms with Crippen LogP contribution in [0.25, 0.3) is 10.2 Å². The highest BCUT2D eigenvalue weighted by atomic mass is 35.5. The Bertz CT molecular complexity index is 1260. The molecule has 200 valence electrons. The van der Waals surface area contributed by atoms with Crippen LogP contribution >= 0.6 is 22.9 Å². The standard InChI is InChI=1S/C24H22ClF6N3O2S/c1-14-18(25)3-4-19-20(14)32-22(37-19)34(6-2-5-33-7-9-36-10-8-33)21(35)15-11-16(23(26,27)28)13-17(12-15)24(29,30)31/h3-4,11-13H,2,5-10H2,1H3. The Kier molecular flexibility index (Phi) is 8.03. The van der Waals surface area contributed by atoms with Crippen LogP contribution in [-0.4, -0.2) is 55.2 Å². The fraction of sp³-hybridized carbons (Fsp3) is 0.417. The van der Waals surface area contributed by atoms with Crippen LogP contribution in [0.2, 0.25) is 5.02 Å². The summed E-state index contributed by atoms with van der Waals surface area (Å²) in [6.45, 7) is 4.85. The zero-order chi connectivity index (χ0) is 27.0. The van der Waals surface area contributed by atoms with Crippen LogP contribution in [0.15, 0.2) is 30.3 Å². The Balaban J connectivity index is 1.72. The van der Waals surface area contributed by atoms with E-state index < -0.39 is 35.0 Å². The molecule has 0 atom stereocenters. The summed E-state index contributed by atoms with van der Waals surface area (Å²) < 4.78 is 86.5. The third-order valence-corrected chi connectivity index (χ3v) is 7.46. The van der Waals surface area contributed by atoms with E-state index in [0.29, 0.717) is 72.2 Å². The van der Waals surface area contributed by atoms with Gasteiger partial charge in [0.2, 0.25) is 0 Å². The second-order valence-corrected chi connectivity index (χ2v) is 9.99. The van der Waals surface area contributed by atoms with Crippen LogP contribution in [0.3, 0.4) is 0 Å². The number of thiazole rings is 1. The lowest BCUT2D eigenvalue weighted by Crippen LogP contribution is -2.39. The van der Waals surface area contributed by atoms with Gasteiger partial charge in [0.1, 0.15) is 0 Å². The van der Waals surface area contributed by atoms with Crippen molar-refractivity contribution in [1.82, 2.24) is 9.88 Å². The third-order valence-electron chi connectivity index (χ3n) is 6.01. The zero-order valence-electron chi connectivity index (χ0n) is 19.5. The van der Waals surface area contributed by atoms with Crippen molar-refractivity contribution in [1.29, 1.82) is 0 Å². The molecule has 0 radical (unpaired) electrons. The van der Waals surface area contributed by atoms with E-state index in [1.165, 1.54) is 0 Å². The molecule has 2 aromatic carbocycles. The maximum absolute atomic E-state index is 13.5. The average Bonchev–Trinajstić information content (AvgIpc) is 3.28. The number of carbonyl (C=O) groups excluding carboxylic acids is 1. The van der Waals surface area contributed by atoms with Gasteiger partial charge in [-0.3, -0.25) is 14.6 Å². The second-order valence-electron chi connectivity index (χ2n) is 8.57. The normalized spacial score (nSPS) is 15.4. The minimum absolute atomic E-state index is 0.00257. The number of ether oxygens (including phenoxy) is 1. The second kappa shape index (κ2) is 10.8. The summed E-state index contributed by atoms with van der Waals surface area (Å²) in [7, 11) is 0. The summed E-state index contributed by atoms with van der Waals surface area (Å²) in [4.78, 5) is 21.3. The first-order chi connectivity index (χ1) is 17.3. The number of aryl methyl sites for hydroxylation is 1. The fourth-order valence-electron chi connectivity index (χ4n) is 4.00. The molecule has 1 aliphatic heterocycles. The Morgan fingerprint density at radius 1 is 1.08 bits per heavy atom. The number of benzene rings is 2. The number of aromatic nitrogens is 1. The minimum Gasteiger partial charge on any atom is -0.379 e. The largest absolute Gasteiger partial charge is 0.416 e. The number of hydrogen-bond acceptors (Lipinski definition) is 5. The average molecular weight is 566 g/mol. The van der Waals surface area contributed by atoms with Gasteiger partial charge in [-0.1, -0.05) is 22.9 Å². The molecule has 0 spiro atoms. The summed E-state index contributed by atoms with van der Waals surface area (Å²) in [6, 6.07) is 4.26. The number of carbonyl (C=O) groups is 1. The van der Waals surface area contributed by atoms with Crippen molar-refractivity contribution in [3.8, 4) is 0 Å². The van der Waals surface area contributed by atoms with Crippen LogP contribution in [0.4, 0.5) is 31.5 Å². The number of morpholine rings is 1. The number of anilines is 1. The highest BCUT2D eigenvalue weighted by Gasteiger charge is 2.38. The fourth-order valence-corrected chi connectivity index (χ4v) is 5.20. The first kappa shape index (κ1) is 27.6. The van der Waals surface area contributed by atoms with Crippen molar-refractivity contribution in [2.45, 2.75) is 25.7 Å². The number of rotatable bonds is 6. The molecule has 37 heavy (non-hydrogen) atoms. The number of hydrogen-bond donors (Lipinski definition) is 0. The van der Waals surface area contributed by atoms with E-state index in [2.05, 4.69) is 9.88 Å². The lowest BCUT2D eigenvalue weighted by molar-refractivity contribution is -0.143. The molecular weight excluding hydrogens is 544 g/mol. The molecule has 13 heteroatoms. The summed E-state index contributed by atoms with van der Waals surface area (Å²) in [5.41, 5.74) is -2.65. The SMILES string of the molecule is Cc1c(Cl)ccc2sc(N(CCCN3CCOCC3)C(=O)c3cc(C(F)(F)F)cc(C(F)(F)F)c3)nc12. The first-order valence-electron chi connectivity index (χ1n) is 11.3. The van der Waals surface area contributed by atoms with E-state index in [9.17, 15) is 31.1 Å². The van der Waals surface area contributed by atoms with Crippen LogP contribution in [-0.2, 0) is 17.1 Å². The molecule has 3 aromatic rings. The van der Waals surface area contributed by atoms with E-state index in [1.807, 2.05) is 0 Å². The van der Waals surface area contributed by atoms with Gasteiger partial charge >= 0.3 is 12.4 Å². The molecule has 2 heterocycles. The number of alkyl halides is 6. The molecule has 0 bridgehead atoms. The van der Waals surface area contributed by atoms with E-state index in [-0.39, 0.29) is 17.7 Å². The number of nitrogens with zero attached hydrogens (tertiary/aromatic N) is 3. The van der Waals surface area contributed by atoms with Crippen molar-refractivity contribution in [3.05, 3.63) is 57.6 Å². The zero-order valence-corrected chi connectivity index (χ0v) is 21.1. The van der Waals surface area contributed by atoms with Gasteiger partial charge < -0.3 is 4.74 Å². The lowest BCUT2D eigenvalue weighted by Gasteiger charge is -2.28. The Morgan fingerprint density at radius 2 is 1.70 bits per heavy atom. The van der Waals surface area contributed by atoms with E-state index >= 15 is 0 Å². The predicted molar refractivity (Wildman–Crippen MR) is 129 cm³/mol. The smallest absolute Gasteiger partial charge is 0.379 e. The number of amides is 1. The van der Waals surface area contributed by atoms with Crippen molar-refractivity contribution < 1.29 is 35.9 Å². The molecule has 0 unspecified atom stereocenters. The van der Waals surface area contributed by atoms with Gasteiger partial charge in [-0.2, -0.15) is 26.3 Å². The Hall–Kier alpha value is -2.41. The van der Waals surface area contributed by atoms with Gasteiger partial charge in [-0.05, 0) is 49.2 Å². The van der Waals surface area contributed by atoms with Gasteiger partial charge in [-0.15, -0.1) is 0 Å². The van der Waals surface area contributed by atoms with Gasteiger partial charge in [0, 0.05) is 36.8 Å². The van der Waals surface area contributed by atoms with Gasteiger partial charge in [-0.25, -0.2) is 4.98 Å². The molecule has 1 saturated heterocycles. The van der Waals surface area contributed by atoms with Crippen molar-refractivity contribution in [3.63, 3.8) is 0 Å². The highest BCUT2D eigenvalue weighted by molar-refractivity contribution is 7.22. The number of fused-ring (bicyclic) bond motifs is 1. The monoisotopic (exact) mass is 565 g/mol. The van der Waals surface area contributed by atoms with Gasteiger partial charge in [0.15, 0.2) is 5.13 Å². The van der Waals surface area contributed by atoms with Crippen LogP contribution in [0.5, 0.6) is 0 Å². The molecule has 1 aliphatic rings. The molecule has 4 rings (SSSR count). The van der Waals surface area contributed by atoms with Crippen molar-refractivity contribution in [2.75, 3.05) is 44.3 Å². The minimum atomic E-state index is -5.07. The van der Waals surface area contributed by atoms with Crippen molar-refractivity contribution >= 4 is 44.2 Å². The molecule has 0 N–H and O–H groups in total.